The van der Waals surface area contributed by atoms with Crippen molar-refractivity contribution in [2.75, 3.05) is 26.3 Å². The fourth-order valence-corrected chi connectivity index (χ4v) is 14.6. The molecule has 4 atom stereocenters. The van der Waals surface area contributed by atoms with Gasteiger partial charge in [-0.3, -0.25) is 24.2 Å². The van der Waals surface area contributed by atoms with Crippen LogP contribution in [0.4, 0.5) is 13.2 Å². The van der Waals surface area contributed by atoms with Crippen LogP contribution in [0, 0.1) is 10.8 Å². The Kier molecular flexibility index (Phi) is 20.7. The van der Waals surface area contributed by atoms with E-state index in [1.165, 1.54) is 0 Å². The van der Waals surface area contributed by atoms with E-state index in [2.05, 4.69) is 119 Å². The Bertz CT molecular complexity index is 3690. The number of likely N-dealkylation sites (tertiary alicyclic amines) is 2. The Balaban J connectivity index is 0.000000186. The zero-order valence-corrected chi connectivity index (χ0v) is 51.9. The molecule has 2 fully saturated rings. The van der Waals surface area contributed by atoms with Crippen LogP contribution in [0.15, 0.2) is 218 Å². The Hall–Kier alpha value is -8.03. The molecule has 0 bridgehead atoms. The lowest BCUT2D eigenvalue weighted by atomic mass is 9.62. The van der Waals surface area contributed by atoms with E-state index in [9.17, 15) is 48.0 Å². The minimum atomic E-state index is -4.64. The summed E-state index contributed by atoms with van der Waals surface area (Å²) in [7, 11) is -2.84. The van der Waals surface area contributed by atoms with Crippen molar-refractivity contribution in [2.24, 2.45) is 10.8 Å². The Morgan fingerprint density at radius 2 is 0.804 bits per heavy atom. The standard InChI is InChI=1S/C38H42BNO5.C34H34BNO5.C2HF3O/c1-36(2,3)45-35(41)34-37(23-14-24-39(42)43,27-44-25-28-15-6-4-7-16-28)26-40(34)38(29-17-8-5-9-18-29)32-21-12-10-19-30(32)31-20-11-13-22-33(31)38;37-32(38)31-33(20-11-21-35(39)40,24-41-22-25-12-3-1-4-13-25)23-36(31)34(26-14-5-2-6-15-26)29-18-9-7-16-27(29)28-17-8-10-19-30(28)34;3-2(4,5)1-6/h4-13,15-22,34,42-43H,14,23-27H2,1-3H3;1-10,12-19,31,39-40H,11,20-24H2,(H,37,38);1H/t34-,37-;31-,33-;/m11./s1. The van der Waals surface area contributed by atoms with Gasteiger partial charge in [-0.1, -0.05) is 231 Å². The summed E-state index contributed by atoms with van der Waals surface area (Å²) >= 11 is 0. The molecule has 18 heteroatoms. The number of esters is 1. The number of ether oxygens (including phenoxy) is 3. The molecule has 13 nitrogen and oxygen atoms in total. The zero-order valence-electron chi connectivity index (χ0n) is 51.9. The number of halogens is 3. The Morgan fingerprint density at radius 3 is 1.12 bits per heavy atom. The van der Waals surface area contributed by atoms with E-state index in [4.69, 9.17) is 19.0 Å². The van der Waals surface area contributed by atoms with Gasteiger partial charge in [0.2, 0.25) is 6.29 Å². The predicted molar refractivity (Wildman–Crippen MR) is 349 cm³/mol. The molecule has 0 radical (unpaired) electrons. The molecule has 8 aromatic carbocycles. The van der Waals surface area contributed by atoms with Crippen LogP contribution in [0.1, 0.15) is 91.0 Å². The third-order valence-electron chi connectivity index (χ3n) is 18.1. The van der Waals surface area contributed by atoms with Gasteiger partial charge in [0.25, 0.3) is 0 Å². The molecule has 2 saturated heterocycles. The highest BCUT2D eigenvalue weighted by Gasteiger charge is 2.67. The number of hydrogen-bond acceptors (Lipinski definition) is 12. The number of benzene rings is 8. The highest BCUT2D eigenvalue weighted by molar-refractivity contribution is 6.41. The van der Waals surface area contributed by atoms with E-state index >= 15 is 0 Å². The summed E-state index contributed by atoms with van der Waals surface area (Å²) < 4.78 is 50.1. The summed E-state index contributed by atoms with van der Waals surface area (Å²) in [5, 5.41) is 49.5. The number of aldehydes is 1. The number of carbonyl (C=O) groups excluding carboxylic acids is 2. The van der Waals surface area contributed by atoms with Crippen molar-refractivity contribution in [1.82, 2.24) is 9.80 Å². The molecule has 0 amide bonds. The highest BCUT2D eigenvalue weighted by Crippen LogP contribution is 2.62. The van der Waals surface area contributed by atoms with E-state index in [0.29, 0.717) is 58.6 Å². The van der Waals surface area contributed by atoms with Gasteiger partial charge in [0.05, 0.1) is 37.5 Å². The molecule has 4 aliphatic rings. The van der Waals surface area contributed by atoms with Crippen LogP contribution >= 0.6 is 0 Å². The molecule has 2 aliphatic carbocycles. The van der Waals surface area contributed by atoms with Crippen molar-refractivity contribution in [3.8, 4) is 22.3 Å². The number of rotatable bonds is 22. The molecule has 476 valence electrons. The van der Waals surface area contributed by atoms with Crippen LogP contribution in [0.5, 0.6) is 0 Å². The number of hydrogen-bond donors (Lipinski definition) is 5. The van der Waals surface area contributed by atoms with E-state index in [1.807, 2.05) is 130 Å². The smallest absolute Gasteiger partial charge is 0.451 e. The summed E-state index contributed by atoms with van der Waals surface area (Å²) in [6.07, 6.45) is -3.21. The molecule has 8 aromatic rings. The first-order chi connectivity index (χ1) is 44.2. The van der Waals surface area contributed by atoms with Crippen LogP contribution in [0.25, 0.3) is 22.3 Å². The second kappa shape index (κ2) is 28.5. The van der Waals surface area contributed by atoms with Gasteiger partial charge in [-0.2, -0.15) is 13.2 Å². The minimum absolute atomic E-state index is 0.183. The Morgan fingerprint density at radius 1 is 0.500 bits per heavy atom. The van der Waals surface area contributed by atoms with Gasteiger partial charge in [-0.25, -0.2) is 0 Å². The molecule has 2 heterocycles. The summed E-state index contributed by atoms with van der Waals surface area (Å²) in [5.41, 5.74) is 9.58. The average Bonchev–Trinajstić information content (AvgIpc) is 1.41. The van der Waals surface area contributed by atoms with Crippen molar-refractivity contribution < 1.29 is 67.0 Å². The summed E-state index contributed by atoms with van der Waals surface area (Å²) in [6, 6.07) is 72.6. The fraction of sp³-hybridized carbons (Fsp3) is 0.311. The van der Waals surface area contributed by atoms with Gasteiger partial charge in [0, 0.05) is 23.9 Å². The molecular weight excluding hydrogens is 1170 g/mol. The van der Waals surface area contributed by atoms with Crippen LogP contribution in [-0.4, -0.2) is 118 Å². The maximum absolute atomic E-state index is 14.5. The van der Waals surface area contributed by atoms with Crippen molar-refractivity contribution in [3.63, 3.8) is 0 Å². The molecule has 5 N–H and O–H groups in total. The van der Waals surface area contributed by atoms with Gasteiger partial charge in [-0.05, 0) is 113 Å². The van der Waals surface area contributed by atoms with Gasteiger partial charge < -0.3 is 39.4 Å². The van der Waals surface area contributed by atoms with Gasteiger partial charge in [-0.15, -0.1) is 0 Å². The molecule has 2 aliphatic heterocycles. The van der Waals surface area contributed by atoms with Gasteiger partial charge in [0.15, 0.2) is 0 Å². The lowest BCUT2D eigenvalue weighted by molar-refractivity contribution is -0.202. The number of nitrogens with zero attached hydrogens (tertiary/aromatic N) is 2. The second-order valence-corrected chi connectivity index (χ2v) is 25.4. The lowest BCUT2D eigenvalue weighted by Crippen LogP contribution is -2.75. The lowest BCUT2D eigenvalue weighted by Gasteiger charge is -2.62. The third kappa shape index (κ3) is 13.7. The molecule has 12 rings (SSSR count). The maximum Gasteiger partial charge on any atom is 0.451 e. The first kappa shape index (κ1) is 66.9. The minimum Gasteiger partial charge on any atom is -0.480 e. The van der Waals surface area contributed by atoms with E-state index in [1.54, 1.807) is 0 Å². The summed E-state index contributed by atoms with van der Waals surface area (Å²) in [4.78, 5) is 41.0. The van der Waals surface area contributed by atoms with E-state index < -0.39 is 72.3 Å². The van der Waals surface area contributed by atoms with Crippen LogP contribution < -0.4 is 0 Å². The van der Waals surface area contributed by atoms with Crippen molar-refractivity contribution in [2.45, 2.75) is 107 Å². The second-order valence-electron chi connectivity index (χ2n) is 25.4. The van der Waals surface area contributed by atoms with Gasteiger partial charge in [0.1, 0.15) is 17.7 Å². The quantitative estimate of drug-likeness (QED) is 0.0245. The molecule has 0 saturated carbocycles. The van der Waals surface area contributed by atoms with Crippen molar-refractivity contribution in [1.29, 1.82) is 0 Å². The SMILES string of the molecule is CC(C)(C)OC(=O)[C@H]1N(C2(c3ccccc3)c3ccccc3-c3ccccc32)C[C@]1(CCCB(O)O)COCc1ccccc1.O=C(O)[C@H]1N(C2(c3ccccc3)c3ccccc3-c3ccccc32)C[C@]1(CCCB(O)O)COCc1ccccc1.O=CC(F)(F)F. The Labute approximate surface area is 536 Å². The molecule has 92 heavy (non-hydrogen) atoms. The number of alkyl halides is 3. The number of carboxylic acid groups (broad SMARTS) is 1. The third-order valence-corrected chi connectivity index (χ3v) is 18.1. The highest BCUT2D eigenvalue weighted by atomic mass is 19.4. The summed E-state index contributed by atoms with van der Waals surface area (Å²) in [6.45, 7) is 8.13. The predicted octanol–water partition coefficient (Wildman–Crippen LogP) is 12.4. The van der Waals surface area contributed by atoms with Crippen molar-refractivity contribution >= 4 is 32.5 Å². The largest absolute Gasteiger partial charge is 0.480 e. The maximum atomic E-state index is 14.5. The molecule has 0 aromatic heterocycles. The fourth-order valence-electron chi connectivity index (χ4n) is 14.6. The number of fused-ring (bicyclic) bond motifs is 6. The number of aliphatic carboxylic acids is 1. The van der Waals surface area contributed by atoms with Crippen LogP contribution in [-0.2, 0) is 52.9 Å². The van der Waals surface area contributed by atoms with E-state index in [-0.39, 0.29) is 25.2 Å². The molecule has 0 unspecified atom stereocenters. The topological polar surface area (TPSA) is 187 Å². The normalized spacial score (nSPS) is 19.8. The van der Waals surface area contributed by atoms with Crippen LogP contribution in [0.3, 0.4) is 0 Å². The van der Waals surface area contributed by atoms with Crippen molar-refractivity contribution in [3.05, 3.63) is 263 Å². The molecule has 0 spiro atoms. The first-order valence-corrected chi connectivity index (χ1v) is 31.2. The first-order valence-electron chi connectivity index (χ1n) is 31.2. The number of carbonyl (C=O) groups is 3. The number of carboxylic acids is 1. The van der Waals surface area contributed by atoms with Crippen LogP contribution in [0.2, 0.25) is 12.6 Å². The summed E-state index contributed by atoms with van der Waals surface area (Å²) in [5.74, 6) is -1.19. The van der Waals surface area contributed by atoms with Gasteiger partial charge >= 0.3 is 32.4 Å². The monoisotopic (exact) mass is 1250 g/mol. The molecular formula is C74H77B2F3N2O11. The van der Waals surface area contributed by atoms with E-state index in [0.717, 1.165) is 66.8 Å². The average molecular weight is 1250 g/mol. The zero-order chi connectivity index (χ0) is 65.3.